The molecule has 0 heterocycles. The summed E-state index contributed by atoms with van der Waals surface area (Å²) in [6.45, 7) is 0.375. The third-order valence-corrected chi connectivity index (χ3v) is 0.0962. The first-order chi connectivity index (χ1) is 1.91. The molecule has 0 radical (unpaired) electrons. The molecule has 0 fully saturated rings. The van der Waals surface area contributed by atoms with Crippen LogP contribution >= 0.6 is 0 Å². The largest absolute Gasteiger partial charge is 0.471 e. The average molecular weight is 60.0 g/mol. The van der Waals surface area contributed by atoms with Crippen molar-refractivity contribution in [2.45, 2.75) is 0 Å². The van der Waals surface area contributed by atoms with E-state index in [2.05, 4.69) is 4.74 Å². The van der Waals surface area contributed by atoms with Gasteiger partial charge in [0.15, 0.2) is 0 Å². The fourth-order valence-corrected chi connectivity index (χ4v) is 0. The molecular weight excluding hydrogens is 56.0 g/mol. The van der Waals surface area contributed by atoms with Crippen LogP contribution in [0.15, 0.2) is 0 Å². The van der Waals surface area contributed by atoms with Crippen molar-refractivity contribution in [2.24, 2.45) is 0 Å². The molecule has 0 aliphatic heterocycles. The molecule has 4 heavy (non-hydrogen) atoms. The molecule has 0 saturated carbocycles. The highest BCUT2D eigenvalue weighted by Crippen LogP contribution is 1.35. The molecule has 0 aliphatic rings. The van der Waals surface area contributed by atoms with Crippen LogP contribution in [0, 0.1) is 0 Å². The zero-order chi connectivity index (χ0) is 3.41. The van der Waals surface area contributed by atoms with Gasteiger partial charge in [0, 0.05) is 0 Å². The summed E-state index contributed by atoms with van der Waals surface area (Å²) < 4.78 is 3.86. The molecule has 2 nitrogen and oxygen atoms in total. The van der Waals surface area contributed by atoms with Crippen molar-refractivity contribution in [1.29, 1.82) is 0 Å². The Labute approximate surface area is 24.4 Å². The number of ether oxygens (including phenoxy) is 1. The Kier molecular flexibility index (Phi) is 2.14. The quantitative estimate of drug-likeness (QED) is 0.391. The summed E-state index contributed by atoms with van der Waals surface area (Å²) >= 11 is 0. The van der Waals surface area contributed by atoms with Crippen molar-refractivity contribution in [2.75, 3.05) is 7.11 Å². The Balaban J connectivity index is 2.30. The second-order valence-electron chi connectivity index (χ2n) is 0.332. The molecule has 0 saturated heterocycles. The van der Waals surface area contributed by atoms with Crippen molar-refractivity contribution < 1.29 is 9.53 Å². The van der Waals surface area contributed by atoms with Gasteiger partial charge in [-0.2, -0.15) is 0 Å². The Hall–Kier alpha value is -0.530. The summed E-state index contributed by atoms with van der Waals surface area (Å²) in [6, 6.07) is 0. The van der Waals surface area contributed by atoms with Crippen LogP contribution in [0.25, 0.3) is 0 Å². The highest BCUT2D eigenvalue weighted by Gasteiger charge is 1.44. The lowest BCUT2D eigenvalue weighted by Gasteiger charge is -1.67. The zero-order valence-electron chi connectivity index (χ0n) is 2.39. The van der Waals surface area contributed by atoms with E-state index < -0.39 is 0 Å². The van der Waals surface area contributed by atoms with Crippen molar-refractivity contribution in [3.63, 3.8) is 0 Å². The number of carbonyl (C=O) groups is 1. The minimum atomic E-state index is 0.375. The van der Waals surface area contributed by atoms with Crippen molar-refractivity contribution in [1.82, 2.24) is 0 Å². The molecular formula is C2H4O2. The number of rotatable bonds is 1. The van der Waals surface area contributed by atoms with Crippen LogP contribution < -0.4 is 0 Å². The van der Waals surface area contributed by atoms with Gasteiger partial charge in [-0.3, -0.25) is 4.79 Å². The van der Waals surface area contributed by atoms with Gasteiger partial charge in [0.2, 0.25) is 0 Å². The predicted octanol–water partition coefficient (Wildman–Crippen LogP) is -0.211. The van der Waals surface area contributed by atoms with Gasteiger partial charge in [-0.25, -0.2) is 0 Å². The molecule has 0 spiro atoms. The van der Waals surface area contributed by atoms with Crippen molar-refractivity contribution in [3.05, 3.63) is 0 Å². The molecule has 2 heteroatoms. The van der Waals surface area contributed by atoms with Crippen LogP contribution in [0.1, 0.15) is 0 Å². The molecule has 0 amide bonds. The Morgan fingerprint density at radius 1 is 2.00 bits per heavy atom. The Morgan fingerprint density at radius 3 is 2.25 bits per heavy atom. The van der Waals surface area contributed by atoms with Crippen LogP contribution in [0.4, 0.5) is 0 Å². The molecule has 0 atom stereocenters. The van der Waals surface area contributed by atoms with E-state index in [9.17, 15) is 0 Å². The second kappa shape index (κ2) is 2.47. The number of hydrogen-bond acceptors (Lipinski definition) is 2. The number of carbonyl (C=O) groups excluding carboxylic acids is 1. The van der Waals surface area contributed by atoms with Crippen molar-refractivity contribution in [3.8, 4) is 0 Å². The van der Waals surface area contributed by atoms with E-state index in [1.54, 1.807) is 0 Å². The van der Waals surface area contributed by atoms with E-state index in [0.29, 0.717) is 6.47 Å². The van der Waals surface area contributed by atoms with Gasteiger partial charge in [0.05, 0.1) is 7.11 Å². The van der Waals surface area contributed by atoms with E-state index in [4.69, 9.17) is 4.79 Å². The fourth-order valence-electron chi connectivity index (χ4n) is 0. The summed E-state index contributed by atoms with van der Waals surface area (Å²) in [5.74, 6) is 0. The Bertz CT molecular complexity index is 18.0. The maximum absolute atomic E-state index is 8.95. The summed E-state index contributed by atoms with van der Waals surface area (Å²) in [5.41, 5.74) is 0. The minimum absolute atomic E-state index is 0.375. The maximum Gasteiger partial charge on any atom is 0.292 e. The summed E-state index contributed by atoms with van der Waals surface area (Å²) in [4.78, 5) is 8.95. The van der Waals surface area contributed by atoms with Gasteiger partial charge >= 0.3 is 0 Å². The molecule has 0 aromatic carbocycles. The molecule has 0 bridgehead atoms. The van der Waals surface area contributed by atoms with Gasteiger partial charge in [0.1, 0.15) is 0 Å². The monoisotopic (exact) mass is 60.0 g/mol. The van der Waals surface area contributed by atoms with E-state index in [1.165, 1.54) is 7.11 Å². The summed E-state index contributed by atoms with van der Waals surface area (Å²) in [7, 11) is 1.31. The lowest BCUT2D eigenvalue weighted by Crippen LogP contribution is -1.68. The molecule has 0 aromatic heterocycles. The van der Waals surface area contributed by atoms with Crippen LogP contribution in [-0.2, 0) is 9.53 Å². The highest BCUT2D eigenvalue weighted by atomic mass is 16.5. The minimum Gasteiger partial charge on any atom is -0.471 e. The Morgan fingerprint density at radius 2 is 2.25 bits per heavy atom. The van der Waals surface area contributed by atoms with Gasteiger partial charge < -0.3 is 4.74 Å². The third kappa shape index (κ3) is 1.47. The normalized spacial score (nSPS) is 5.25. The van der Waals surface area contributed by atoms with Crippen LogP contribution in [0.5, 0.6) is 0 Å². The zero-order valence-corrected chi connectivity index (χ0v) is 2.39. The van der Waals surface area contributed by atoms with Gasteiger partial charge in [-0.05, 0) is 0 Å². The topological polar surface area (TPSA) is 26.3 Å². The molecule has 0 rings (SSSR count). The molecule has 0 unspecified atom stereocenters. The highest BCUT2D eigenvalue weighted by molar-refractivity contribution is 5.36. The van der Waals surface area contributed by atoms with Gasteiger partial charge in [0.25, 0.3) is 6.47 Å². The van der Waals surface area contributed by atoms with Gasteiger partial charge in [-0.1, -0.05) is 0 Å². The molecule has 0 N–H and O–H groups in total. The van der Waals surface area contributed by atoms with E-state index in [1.807, 2.05) is 0 Å². The summed E-state index contributed by atoms with van der Waals surface area (Å²) in [5, 5.41) is 0. The molecule has 24 valence electrons. The van der Waals surface area contributed by atoms with E-state index >= 15 is 0 Å². The lowest BCUT2D eigenvalue weighted by molar-refractivity contribution is -0.126. The maximum atomic E-state index is 8.95. The second-order valence-corrected chi connectivity index (χ2v) is 0.332. The van der Waals surface area contributed by atoms with Crippen LogP contribution in [0.2, 0.25) is 0 Å². The fraction of sp³-hybridized carbons (Fsp3) is 0.500. The first-order valence-electron chi connectivity index (χ1n) is 0.880. The smallest absolute Gasteiger partial charge is 0.292 e. The van der Waals surface area contributed by atoms with Crippen LogP contribution in [-0.4, -0.2) is 13.6 Å². The van der Waals surface area contributed by atoms with Crippen molar-refractivity contribution >= 4 is 6.47 Å². The number of methoxy groups -OCH3 is 1. The van der Waals surface area contributed by atoms with E-state index in [0.717, 1.165) is 0 Å². The summed E-state index contributed by atoms with van der Waals surface area (Å²) in [6.07, 6.45) is 0. The van der Waals surface area contributed by atoms with Gasteiger partial charge in [-0.15, -0.1) is 0 Å². The number of hydrogen-bond donors (Lipinski definition) is 0. The van der Waals surface area contributed by atoms with E-state index in [-0.39, 0.29) is 0 Å². The SMILES string of the molecule is CO[12CH]=O. The average Bonchev–Trinajstić information content (AvgIpc) is 1.37. The standard InChI is InChI=1S/C2H4O2/c1-4-2-3/h2H,1H3/i2+0. The lowest BCUT2D eigenvalue weighted by atomic mass is 11.5. The first-order valence-corrected chi connectivity index (χ1v) is 0.880. The van der Waals surface area contributed by atoms with Crippen LogP contribution in [0.3, 0.4) is 0 Å². The molecule has 0 aliphatic carbocycles. The predicted molar refractivity (Wildman–Crippen MR) is 13.1 cm³/mol. The third-order valence-electron chi connectivity index (χ3n) is 0.0962. The molecule has 0 aromatic rings. The first kappa shape index (κ1) is 3.47.